The van der Waals surface area contributed by atoms with E-state index in [4.69, 9.17) is 4.55 Å². The summed E-state index contributed by atoms with van der Waals surface area (Å²) in [5.41, 5.74) is 3.50. The summed E-state index contributed by atoms with van der Waals surface area (Å²) in [5, 5.41) is 2.54. The molecular weight excluding hydrogens is 484 g/mol. The number of nitrogens with zero attached hydrogens (tertiary/aromatic N) is 1. The molecule has 0 spiro atoms. The zero-order chi connectivity index (χ0) is 27.2. The Hall–Kier alpha value is -3.26. The summed E-state index contributed by atoms with van der Waals surface area (Å²) >= 11 is 0. The van der Waals surface area contributed by atoms with E-state index in [2.05, 4.69) is 108 Å². The van der Waals surface area contributed by atoms with Gasteiger partial charge in [0.2, 0.25) is 5.91 Å². The van der Waals surface area contributed by atoms with Crippen LogP contribution < -0.4 is 5.32 Å². The molecule has 6 nitrogen and oxygen atoms in total. The molecule has 7 heteroatoms. The smallest absolute Gasteiger partial charge is 0.265 e. The third kappa shape index (κ3) is 13.6. The molecule has 198 valence electrons. The second-order valence-electron chi connectivity index (χ2n) is 9.74. The molecule has 1 amide bonds. The molecule has 0 atom stereocenters. The van der Waals surface area contributed by atoms with Crippen LogP contribution in [0.25, 0.3) is 0 Å². The van der Waals surface area contributed by atoms with Crippen LogP contribution in [-0.2, 0) is 34.5 Å². The van der Waals surface area contributed by atoms with E-state index in [1.807, 2.05) is 0 Å². The quantitative estimate of drug-likeness (QED) is 0.243. The van der Waals surface area contributed by atoms with Crippen LogP contribution in [0, 0.1) is 5.41 Å². The van der Waals surface area contributed by atoms with Crippen LogP contribution in [0.1, 0.15) is 37.0 Å². The zero-order valence-electron chi connectivity index (χ0n) is 21.7. The van der Waals surface area contributed by atoms with Gasteiger partial charge in [0.05, 0.1) is 5.75 Å². The molecule has 0 aliphatic heterocycles. The normalized spacial score (nSPS) is 11.4. The van der Waals surface area contributed by atoms with Gasteiger partial charge in [-0.25, -0.2) is 0 Å². The number of rotatable bonds is 12. The van der Waals surface area contributed by atoms with Crippen LogP contribution in [0.3, 0.4) is 0 Å². The average Bonchev–Trinajstić information content (AvgIpc) is 2.84. The lowest BCUT2D eigenvalue weighted by atomic mass is 9.92. The Labute approximate surface area is 221 Å². The summed E-state index contributed by atoms with van der Waals surface area (Å²) in [6.45, 7) is 9.95. The monoisotopic (exact) mass is 522 g/mol. The molecule has 0 saturated heterocycles. The maximum atomic E-state index is 10.8. The van der Waals surface area contributed by atoms with Gasteiger partial charge in [0.1, 0.15) is 0 Å². The van der Waals surface area contributed by atoms with Crippen molar-refractivity contribution in [1.82, 2.24) is 10.2 Å². The van der Waals surface area contributed by atoms with E-state index >= 15 is 0 Å². The van der Waals surface area contributed by atoms with Gasteiger partial charge in [0.15, 0.2) is 0 Å². The number of benzene rings is 3. The van der Waals surface area contributed by atoms with E-state index in [9.17, 15) is 13.2 Å². The van der Waals surface area contributed by atoms with Gasteiger partial charge in [0, 0.05) is 26.2 Å². The fourth-order valence-electron chi connectivity index (χ4n) is 3.85. The van der Waals surface area contributed by atoms with E-state index in [0.717, 1.165) is 25.7 Å². The van der Waals surface area contributed by atoms with Crippen molar-refractivity contribution in [2.75, 3.05) is 12.3 Å². The number of carbonyl (C=O) groups excluding carboxylic acids is 1. The first-order valence-electron chi connectivity index (χ1n) is 12.3. The lowest BCUT2D eigenvalue weighted by molar-refractivity contribution is -0.116. The lowest BCUT2D eigenvalue weighted by Crippen LogP contribution is -2.30. The van der Waals surface area contributed by atoms with Crippen LogP contribution in [-0.4, -0.2) is 36.1 Å². The van der Waals surface area contributed by atoms with E-state index in [1.54, 1.807) is 13.8 Å². The molecule has 3 aromatic carbocycles. The summed E-state index contributed by atoms with van der Waals surface area (Å²) in [6.07, 6.45) is 1.61. The number of nitrogens with one attached hydrogen (secondary N) is 1. The highest BCUT2D eigenvalue weighted by molar-refractivity contribution is 7.85. The van der Waals surface area contributed by atoms with Crippen molar-refractivity contribution in [2.45, 2.75) is 39.9 Å². The maximum Gasteiger partial charge on any atom is 0.265 e. The van der Waals surface area contributed by atoms with Gasteiger partial charge in [-0.1, -0.05) is 111 Å². The van der Waals surface area contributed by atoms with Crippen LogP contribution in [0.4, 0.5) is 0 Å². The third-order valence-electron chi connectivity index (χ3n) is 5.61. The minimum absolute atomic E-state index is 0.294. The van der Waals surface area contributed by atoms with Crippen molar-refractivity contribution in [3.8, 4) is 0 Å². The van der Waals surface area contributed by atoms with E-state index in [-0.39, 0.29) is 11.7 Å². The summed E-state index contributed by atoms with van der Waals surface area (Å²) < 4.78 is 30.0. The molecule has 0 fully saturated rings. The predicted octanol–water partition coefficient (Wildman–Crippen LogP) is 5.48. The number of carbonyl (C=O) groups is 1. The number of hydrogen-bond donors (Lipinski definition) is 2. The van der Waals surface area contributed by atoms with Crippen LogP contribution in [0.15, 0.2) is 104 Å². The third-order valence-corrected chi connectivity index (χ3v) is 6.75. The molecule has 0 aromatic heterocycles. The van der Waals surface area contributed by atoms with Gasteiger partial charge >= 0.3 is 0 Å². The second kappa shape index (κ2) is 15.1. The van der Waals surface area contributed by atoms with Crippen LogP contribution in [0.2, 0.25) is 0 Å². The van der Waals surface area contributed by atoms with Crippen molar-refractivity contribution in [3.05, 3.63) is 120 Å². The molecule has 3 rings (SSSR count). The Bertz CT molecular complexity index is 1080. The van der Waals surface area contributed by atoms with Crippen molar-refractivity contribution in [1.29, 1.82) is 0 Å². The fourth-order valence-corrected chi connectivity index (χ4v) is 4.99. The molecule has 0 unspecified atom stereocenters. The molecule has 0 aliphatic rings. The van der Waals surface area contributed by atoms with Crippen molar-refractivity contribution in [3.63, 3.8) is 0 Å². The Kier molecular flexibility index (Phi) is 12.2. The molecule has 2 N–H and O–H groups in total. The molecule has 0 heterocycles. The SMILES string of the molecule is C=CC(=O)NCCC(C)(C)CS(=O)(=O)O.c1ccc(CN(Cc2ccccc2)Cc2ccccc2)cc1. The zero-order valence-corrected chi connectivity index (χ0v) is 22.5. The Morgan fingerprint density at radius 3 is 1.54 bits per heavy atom. The first-order chi connectivity index (χ1) is 17.6. The first-order valence-corrected chi connectivity index (χ1v) is 13.9. The van der Waals surface area contributed by atoms with Gasteiger partial charge in [-0.05, 0) is 34.6 Å². The predicted molar refractivity (Wildman–Crippen MR) is 150 cm³/mol. The first kappa shape index (κ1) is 30.0. The highest BCUT2D eigenvalue weighted by Crippen LogP contribution is 2.21. The maximum absolute atomic E-state index is 10.8. The molecular formula is C30H38N2O4S. The number of amides is 1. The Balaban J connectivity index is 0.000000283. The highest BCUT2D eigenvalue weighted by atomic mass is 32.2. The summed E-state index contributed by atoms with van der Waals surface area (Å²) in [5.74, 6) is -0.609. The summed E-state index contributed by atoms with van der Waals surface area (Å²) in [7, 11) is -3.97. The van der Waals surface area contributed by atoms with E-state index in [0.29, 0.717) is 13.0 Å². The van der Waals surface area contributed by atoms with Gasteiger partial charge in [-0.3, -0.25) is 14.2 Å². The van der Waals surface area contributed by atoms with Crippen LogP contribution >= 0.6 is 0 Å². The Morgan fingerprint density at radius 2 is 1.22 bits per heavy atom. The topological polar surface area (TPSA) is 86.7 Å². The standard InChI is InChI=1S/C21H21N.C9H17NO4S/c1-4-10-19(11-5-1)16-22(17-20-12-6-2-7-13-20)18-21-14-8-3-9-15-21;1-4-8(11)10-6-5-9(2,3)7-15(12,13)14/h1-15H,16-18H2;4H,1,5-7H2,2-3H3,(H,10,11)(H,12,13,14). The largest absolute Gasteiger partial charge is 0.353 e. The van der Waals surface area contributed by atoms with Crippen molar-refractivity contribution < 1.29 is 17.8 Å². The van der Waals surface area contributed by atoms with Gasteiger partial charge in [-0.15, -0.1) is 0 Å². The molecule has 0 saturated carbocycles. The number of hydrogen-bond acceptors (Lipinski definition) is 4. The minimum atomic E-state index is -3.97. The van der Waals surface area contributed by atoms with Crippen molar-refractivity contribution in [2.24, 2.45) is 5.41 Å². The minimum Gasteiger partial charge on any atom is -0.353 e. The van der Waals surface area contributed by atoms with Gasteiger partial charge in [-0.2, -0.15) is 8.42 Å². The summed E-state index contributed by atoms with van der Waals surface area (Å²) in [4.78, 5) is 13.3. The lowest BCUT2D eigenvalue weighted by Gasteiger charge is -2.23. The summed E-state index contributed by atoms with van der Waals surface area (Å²) in [6, 6.07) is 32.1. The van der Waals surface area contributed by atoms with Gasteiger partial charge < -0.3 is 5.32 Å². The molecule has 0 radical (unpaired) electrons. The van der Waals surface area contributed by atoms with Crippen molar-refractivity contribution >= 4 is 16.0 Å². The highest BCUT2D eigenvalue weighted by Gasteiger charge is 2.24. The van der Waals surface area contributed by atoms with Crippen LogP contribution in [0.5, 0.6) is 0 Å². The second-order valence-corrected chi connectivity index (χ2v) is 11.2. The average molecular weight is 523 g/mol. The van der Waals surface area contributed by atoms with Gasteiger partial charge in [0.25, 0.3) is 10.1 Å². The fraction of sp³-hybridized carbons (Fsp3) is 0.300. The molecule has 0 bridgehead atoms. The Morgan fingerprint density at radius 1 is 0.838 bits per heavy atom. The van der Waals surface area contributed by atoms with E-state index < -0.39 is 15.5 Å². The van der Waals surface area contributed by atoms with E-state index in [1.165, 1.54) is 16.7 Å². The molecule has 3 aromatic rings. The molecule has 37 heavy (non-hydrogen) atoms. The molecule has 0 aliphatic carbocycles.